The number of aliphatic hydroxyl groups excluding tert-OH is 2. The highest BCUT2D eigenvalue weighted by Crippen LogP contribution is 2.16. The van der Waals surface area contributed by atoms with Crippen molar-refractivity contribution in [2.45, 2.75) is 25.6 Å². The zero-order valence-electron chi connectivity index (χ0n) is 7.74. The van der Waals surface area contributed by atoms with Crippen LogP contribution in [0.2, 0.25) is 5.02 Å². The smallest absolute Gasteiger partial charge is 0.142 e. The van der Waals surface area contributed by atoms with Gasteiger partial charge in [0.05, 0.1) is 17.2 Å². The van der Waals surface area contributed by atoms with E-state index in [1.54, 1.807) is 6.07 Å². The van der Waals surface area contributed by atoms with Crippen LogP contribution < -0.4 is 0 Å². The highest BCUT2D eigenvalue weighted by molar-refractivity contribution is 6.30. The van der Waals surface area contributed by atoms with Crippen LogP contribution in [0.4, 0.5) is 4.39 Å². The molecule has 0 heterocycles. The quantitative estimate of drug-likeness (QED) is 0.812. The van der Waals surface area contributed by atoms with E-state index in [1.165, 1.54) is 19.1 Å². The Bertz CT molecular complexity index is 315. The van der Waals surface area contributed by atoms with E-state index in [4.69, 9.17) is 16.7 Å². The SMILES string of the molecule is CC(O)C(O)Cc1ccc(Cl)c(F)c1. The molecule has 78 valence electrons. The number of rotatable bonds is 3. The average molecular weight is 219 g/mol. The minimum Gasteiger partial charge on any atom is -0.391 e. The maximum atomic E-state index is 13.0. The molecule has 0 aromatic heterocycles. The minimum absolute atomic E-state index is 0.0558. The van der Waals surface area contributed by atoms with E-state index in [2.05, 4.69) is 0 Å². The zero-order chi connectivity index (χ0) is 10.7. The van der Waals surface area contributed by atoms with E-state index in [9.17, 15) is 9.50 Å². The molecule has 14 heavy (non-hydrogen) atoms. The van der Waals surface area contributed by atoms with Crippen molar-refractivity contribution in [3.8, 4) is 0 Å². The van der Waals surface area contributed by atoms with Gasteiger partial charge in [-0.2, -0.15) is 0 Å². The van der Waals surface area contributed by atoms with Gasteiger partial charge in [0.2, 0.25) is 0 Å². The summed E-state index contributed by atoms with van der Waals surface area (Å²) in [4.78, 5) is 0. The van der Waals surface area contributed by atoms with Crippen LogP contribution in [0.15, 0.2) is 18.2 Å². The first-order chi connectivity index (χ1) is 6.50. The van der Waals surface area contributed by atoms with Crippen LogP contribution in [0.1, 0.15) is 12.5 Å². The Hall–Kier alpha value is -0.640. The molecule has 0 saturated carbocycles. The van der Waals surface area contributed by atoms with Crippen molar-refractivity contribution in [1.82, 2.24) is 0 Å². The van der Waals surface area contributed by atoms with Crippen molar-refractivity contribution in [3.05, 3.63) is 34.6 Å². The van der Waals surface area contributed by atoms with Crippen molar-refractivity contribution in [2.24, 2.45) is 0 Å². The Morgan fingerprint density at radius 3 is 2.57 bits per heavy atom. The number of aliphatic hydroxyl groups is 2. The molecule has 2 N–H and O–H groups in total. The second kappa shape index (κ2) is 4.73. The second-order valence-electron chi connectivity index (χ2n) is 3.26. The third kappa shape index (κ3) is 2.94. The fraction of sp³-hybridized carbons (Fsp3) is 0.400. The molecule has 0 amide bonds. The van der Waals surface area contributed by atoms with Gasteiger partial charge in [0.1, 0.15) is 5.82 Å². The molecule has 0 spiro atoms. The summed E-state index contributed by atoms with van der Waals surface area (Å²) in [7, 11) is 0. The average Bonchev–Trinajstić information content (AvgIpc) is 2.11. The highest BCUT2D eigenvalue weighted by atomic mass is 35.5. The van der Waals surface area contributed by atoms with Crippen LogP contribution >= 0.6 is 11.6 Å². The summed E-state index contributed by atoms with van der Waals surface area (Å²) in [5.41, 5.74) is 0.611. The lowest BCUT2D eigenvalue weighted by Gasteiger charge is -2.13. The van der Waals surface area contributed by atoms with Gasteiger partial charge in [0.15, 0.2) is 0 Å². The maximum Gasteiger partial charge on any atom is 0.142 e. The summed E-state index contributed by atoms with van der Waals surface area (Å²) < 4.78 is 13.0. The molecule has 2 nitrogen and oxygen atoms in total. The van der Waals surface area contributed by atoms with Gasteiger partial charge in [-0.3, -0.25) is 0 Å². The molecule has 0 aliphatic carbocycles. The van der Waals surface area contributed by atoms with Gasteiger partial charge < -0.3 is 10.2 Å². The monoisotopic (exact) mass is 218 g/mol. The van der Waals surface area contributed by atoms with Gasteiger partial charge in [-0.05, 0) is 24.6 Å². The molecule has 0 aliphatic rings. The third-order valence-electron chi connectivity index (χ3n) is 1.99. The van der Waals surface area contributed by atoms with Crippen molar-refractivity contribution >= 4 is 11.6 Å². The Balaban J connectivity index is 2.73. The lowest BCUT2D eigenvalue weighted by atomic mass is 10.0. The number of benzene rings is 1. The third-order valence-corrected chi connectivity index (χ3v) is 2.29. The Labute approximate surface area is 86.9 Å². The molecule has 0 bridgehead atoms. The molecule has 1 aromatic rings. The zero-order valence-corrected chi connectivity index (χ0v) is 8.50. The highest BCUT2D eigenvalue weighted by Gasteiger charge is 2.12. The van der Waals surface area contributed by atoms with Gasteiger partial charge in [0, 0.05) is 6.42 Å². The van der Waals surface area contributed by atoms with Gasteiger partial charge in [-0.25, -0.2) is 4.39 Å². The van der Waals surface area contributed by atoms with Crippen molar-refractivity contribution in [3.63, 3.8) is 0 Å². The molecule has 0 fully saturated rings. The molecular weight excluding hydrogens is 207 g/mol. The lowest BCUT2D eigenvalue weighted by molar-refractivity contribution is 0.0319. The fourth-order valence-corrected chi connectivity index (χ4v) is 1.20. The Morgan fingerprint density at radius 2 is 2.07 bits per heavy atom. The Kier molecular flexibility index (Phi) is 3.86. The van der Waals surface area contributed by atoms with Crippen LogP contribution in [-0.2, 0) is 6.42 Å². The van der Waals surface area contributed by atoms with Crippen LogP contribution in [0.5, 0.6) is 0 Å². The maximum absolute atomic E-state index is 13.0. The molecule has 2 unspecified atom stereocenters. The van der Waals surface area contributed by atoms with E-state index in [0.717, 1.165) is 0 Å². The number of hydrogen-bond acceptors (Lipinski definition) is 2. The fourth-order valence-electron chi connectivity index (χ4n) is 1.08. The summed E-state index contributed by atoms with van der Waals surface area (Å²) in [6.45, 7) is 1.48. The first kappa shape index (κ1) is 11.4. The Morgan fingerprint density at radius 1 is 1.43 bits per heavy atom. The van der Waals surface area contributed by atoms with E-state index in [-0.39, 0.29) is 11.4 Å². The molecule has 2 atom stereocenters. The number of halogens is 2. The second-order valence-corrected chi connectivity index (χ2v) is 3.67. The largest absolute Gasteiger partial charge is 0.391 e. The summed E-state index contributed by atoms with van der Waals surface area (Å²) >= 11 is 5.49. The van der Waals surface area contributed by atoms with E-state index in [0.29, 0.717) is 5.56 Å². The van der Waals surface area contributed by atoms with Crippen LogP contribution in [0.3, 0.4) is 0 Å². The first-order valence-corrected chi connectivity index (χ1v) is 4.68. The van der Waals surface area contributed by atoms with Crippen molar-refractivity contribution < 1.29 is 14.6 Å². The van der Waals surface area contributed by atoms with Crippen LogP contribution in [-0.4, -0.2) is 22.4 Å². The minimum atomic E-state index is -0.879. The van der Waals surface area contributed by atoms with Crippen molar-refractivity contribution in [1.29, 1.82) is 0 Å². The van der Waals surface area contributed by atoms with Gasteiger partial charge in [0.25, 0.3) is 0 Å². The van der Waals surface area contributed by atoms with E-state index < -0.39 is 18.0 Å². The molecule has 0 radical (unpaired) electrons. The molecular formula is C10H12ClFO2. The predicted octanol–water partition coefficient (Wildman–Crippen LogP) is 1.76. The summed E-state index contributed by atoms with van der Waals surface area (Å²) in [5.74, 6) is -0.512. The molecule has 1 aromatic carbocycles. The normalized spacial score (nSPS) is 15.2. The first-order valence-electron chi connectivity index (χ1n) is 4.30. The van der Waals surface area contributed by atoms with E-state index in [1.807, 2.05) is 0 Å². The van der Waals surface area contributed by atoms with Crippen LogP contribution in [0, 0.1) is 5.82 Å². The van der Waals surface area contributed by atoms with Gasteiger partial charge in [-0.1, -0.05) is 17.7 Å². The standard InChI is InChI=1S/C10H12ClFO2/c1-6(13)10(14)5-7-2-3-8(11)9(12)4-7/h2-4,6,10,13-14H,5H2,1H3. The summed E-state index contributed by atoms with van der Waals surface area (Å²) in [6.07, 6.45) is -1.49. The van der Waals surface area contributed by atoms with Gasteiger partial charge >= 0.3 is 0 Å². The van der Waals surface area contributed by atoms with Gasteiger partial charge in [-0.15, -0.1) is 0 Å². The van der Waals surface area contributed by atoms with Crippen LogP contribution in [0.25, 0.3) is 0 Å². The van der Waals surface area contributed by atoms with E-state index >= 15 is 0 Å². The molecule has 0 aliphatic heterocycles. The number of hydrogen-bond donors (Lipinski definition) is 2. The van der Waals surface area contributed by atoms with Crippen molar-refractivity contribution in [2.75, 3.05) is 0 Å². The molecule has 0 saturated heterocycles. The predicted molar refractivity (Wildman–Crippen MR) is 52.8 cm³/mol. The molecule has 1 rings (SSSR count). The summed E-state index contributed by atoms with van der Waals surface area (Å²) in [5, 5.41) is 18.4. The summed E-state index contributed by atoms with van der Waals surface area (Å²) in [6, 6.07) is 4.31. The lowest BCUT2D eigenvalue weighted by Crippen LogP contribution is -2.24. The molecule has 4 heteroatoms. The topological polar surface area (TPSA) is 40.5 Å².